The first-order chi connectivity index (χ1) is 9.02. The molecule has 0 bridgehead atoms. The molecular weight excluding hydrogens is 358 g/mol. The molecule has 1 aromatic rings. The van der Waals surface area contributed by atoms with Crippen LogP contribution in [0.5, 0.6) is 0 Å². The molecule has 2 N–H and O–H groups in total. The molecule has 104 valence electrons. The van der Waals surface area contributed by atoms with Gasteiger partial charge < -0.3 is 10.6 Å². The molecule has 0 aliphatic carbocycles. The topological polar surface area (TPSA) is 46.3 Å². The summed E-state index contributed by atoms with van der Waals surface area (Å²) in [6, 6.07) is 4.69. The molecule has 1 saturated heterocycles. The number of nitrogens with zero attached hydrogens (tertiary/aromatic N) is 1. The van der Waals surface area contributed by atoms with Crippen LogP contribution in [0.2, 0.25) is 0 Å². The summed E-state index contributed by atoms with van der Waals surface area (Å²) in [5.41, 5.74) is 6.16. The second-order valence-electron chi connectivity index (χ2n) is 5.15. The van der Waals surface area contributed by atoms with Crippen molar-refractivity contribution in [1.29, 1.82) is 0 Å². The molecule has 1 amide bonds. The van der Waals surface area contributed by atoms with Crippen molar-refractivity contribution >= 4 is 28.5 Å². The Morgan fingerprint density at radius 3 is 2.95 bits per heavy atom. The van der Waals surface area contributed by atoms with E-state index in [0.717, 1.165) is 12.8 Å². The second-order valence-corrected chi connectivity index (χ2v) is 6.31. The van der Waals surface area contributed by atoms with E-state index in [4.69, 9.17) is 5.73 Å². The molecule has 1 aliphatic heterocycles. The van der Waals surface area contributed by atoms with Gasteiger partial charge in [-0.05, 0) is 59.5 Å². The van der Waals surface area contributed by atoms with Crippen LogP contribution in [0.25, 0.3) is 0 Å². The van der Waals surface area contributed by atoms with Crippen molar-refractivity contribution in [3.8, 4) is 0 Å². The highest BCUT2D eigenvalue weighted by Crippen LogP contribution is 2.24. The normalized spacial score (nSPS) is 23.5. The summed E-state index contributed by atoms with van der Waals surface area (Å²) in [4.78, 5) is 14.2. The highest BCUT2D eigenvalue weighted by molar-refractivity contribution is 14.1. The Hall–Kier alpha value is -0.690. The average molecular weight is 376 g/mol. The zero-order valence-electron chi connectivity index (χ0n) is 10.9. The average Bonchev–Trinajstić information content (AvgIpc) is 2.41. The highest BCUT2D eigenvalue weighted by atomic mass is 127. The number of nitrogens with two attached hydrogens (primary N) is 1. The van der Waals surface area contributed by atoms with Gasteiger partial charge in [0, 0.05) is 28.3 Å². The number of hydrogen-bond donors (Lipinski definition) is 1. The molecule has 0 saturated carbocycles. The van der Waals surface area contributed by atoms with Gasteiger partial charge in [0.15, 0.2) is 0 Å². The molecule has 1 fully saturated rings. The van der Waals surface area contributed by atoms with E-state index in [2.05, 4.69) is 6.92 Å². The van der Waals surface area contributed by atoms with Crippen LogP contribution < -0.4 is 5.73 Å². The molecule has 1 aromatic carbocycles. The first kappa shape index (κ1) is 14.7. The summed E-state index contributed by atoms with van der Waals surface area (Å²) in [5, 5.41) is 0. The van der Waals surface area contributed by atoms with E-state index in [1.54, 1.807) is 17.0 Å². The van der Waals surface area contributed by atoms with E-state index in [-0.39, 0.29) is 17.8 Å². The summed E-state index contributed by atoms with van der Waals surface area (Å²) in [7, 11) is 0. The van der Waals surface area contributed by atoms with E-state index in [9.17, 15) is 9.18 Å². The van der Waals surface area contributed by atoms with Crippen LogP contribution in [-0.4, -0.2) is 29.9 Å². The number of carbonyl (C=O) groups is 1. The fourth-order valence-corrected chi connectivity index (χ4v) is 2.87. The SMILES string of the molecule is CC1CCN(C(=O)c2ccc(I)c(F)c2)C(CN)C1. The van der Waals surface area contributed by atoms with Crippen LogP contribution >= 0.6 is 22.6 Å². The number of likely N-dealkylation sites (tertiary alicyclic amines) is 1. The molecule has 1 heterocycles. The van der Waals surface area contributed by atoms with E-state index in [1.165, 1.54) is 6.07 Å². The number of rotatable bonds is 2. The lowest BCUT2D eigenvalue weighted by Gasteiger charge is -2.38. The Balaban J connectivity index is 2.20. The van der Waals surface area contributed by atoms with Gasteiger partial charge in [-0.3, -0.25) is 4.79 Å². The van der Waals surface area contributed by atoms with Gasteiger partial charge >= 0.3 is 0 Å². The Kier molecular flexibility index (Phi) is 4.78. The zero-order valence-corrected chi connectivity index (χ0v) is 13.1. The van der Waals surface area contributed by atoms with Gasteiger partial charge in [0.05, 0.1) is 0 Å². The quantitative estimate of drug-likeness (QED) is 0.807. The number of amides is 1. The van der Waals surface area contributed by atoms with Crippen LogP contribution in [0.1, 0.15) is 30.1 Å². The predicted octanol–water partition coefficient (Wildman–Crippen LogP) is 2.63. The molecular formula is C14H18FIN2O. The minimum atomic E-state index is -0.346. The van der Waals surface area contributed by atoms with Crippen molar-refractivity contribution in [2.24, 2.45) is 11.7 Å². The smallest absolute Gasteiger partial charge is 0.254 e. The van der Waals surface area contributed by atoms with Gasteiger partial charge in [-0.1, -0.05) is 6.92 Å². The van der Waals surface area contributed by atoms with E-state index < -0.39 is 0 Å². The van der Waals surface area contributed by atoms with Crippen LogP contribution in [0.3, 0.4) is 0 Å². The Morgan fingerprint density at radius 1 is 1.58 bits per heavy atom. The van der Waals surface area contributed by atoms with E-state index in [1.807, 2.05) is 22.6 Å². The number of piperidine rings is 1. The van der Waals surface area contributed by atoms with E-state index in [0.29, 0.717) is 28.1 Å². The maximum Gasteiger partial charge on any atom is 0.254 e. The monoisotopic (exact) mass is 376 g/mol. The number of hydrogen-bond acceptors (Lipinski definition) is 2. The lowest BCUT2D eigenvalue weighted by molar-refractivity contribution is 0.0573. The maximum absolute atomic E-state index is 13.5. The summed E-state index contributed by atoms with van der Waals surface area (Å²) < 4.78 is 14.1. The molecule has 1 aliphatic rings. The third-order valence-corrected chi connectivity index (χ3v) is 4.55. The third kappa shape index (κ3) is 3.25. The molecule has 5 heteroatoms. The summed E-state index contributed by atoms with van der Waals surface area (Å²) in [6.45, 7) is 3.34. The van der Waals surface area contributed by atoms with Crippen LogP contribution in [0.4, 0.5) is 4.39 Å². The van der Waals surface area contributed by atoms with Crippen molar-refractivity contribution in [3.63, 3.8) is 0 Å². The molecule has 3 nitrogen and oxygen atoms in total. The van der Waals surface area contributed by atoms with Crippen molar-refractivity contribution in [2.45, 2.75) is 25.8 Å². The van der Waals surface area contributed by atoms with Crippen molar-refractivity contribution in [2.75, 3.05) is 13.1 Å². The standard InChI is InChI=1S/C14H18FIN2O/c1-9-4-5-18(11(6-9)8-17)14(19)10-2-3-13(16)12(15)7-10/h2-3,7,9,11H,4-6,8,17H2,1H3. The highest BCUT2D eigenvalue weighted by Gasteiger charge is 2.29. The molecule has 0 spiro atoms. The Labute approximate surface area is 126 Å². The molecule has 19 heavy (non-hydrogen) atoms. The molecule has 2 atom stereocenters. The number of carbonyl (C=O) groups excluding carboxylic acids is 1. The number of benzene rings is 1. The van der Waals surface area contributed by atoms with Crippen LogP contribution in [-0.2, 0) is 0 Å². The minimum absolute atomic E-state index is 0.0681. The van der Waals surface area contributed by atoms with Gasteiger partial charge in [-0.2, -0.15) is 0 Å². The van der Waals surface area contributed by atoms with Crippen LogP contribution in [0.15, 0.2) is 18.2 Å². The maximum atomic E-state index is 13.5. The van der Waals surface area contributed by atoms with Gasteiger partial charge in [-0.15, -0.1) is 0 Å². The van der Waals surface area contributed by atoms with Gasteiger partial charge in [0.1, 0.15) is 5.82 Å². The van der Waals surface area contributed by atoms with Crippen molar-refractivity contribution in [1.82, 2.24) is 4.90 Å². The fraction of sp³-hybridized carbons (Fsp3) is 0.500. The van der Waals surface area contributed by atoms with Crippen LogP contribution in [0, 0.1) is 15.3 Å². The molecule has 2 rings (SSSR count). The fourth-order valence-electron chi connectivity index (χ4n) is 2.54. The second kappa shape index (κ2) is 6.17. The summed E-state index contributed by atoms with van der Waals surface area (Å²) >= 11 is 1.91. The Bertz CT molecular complexity index is 481. The first-order valence-electron chi connectivity index (χ1n) is 6.49. The van der Waals surface area contributed by atoms with Crippen molar-refractivity contribution in [3.05, 3.63) is 33.1 Å². The van der Waals surface area contributed by atoms with Crippen molar-refractivity contribution < 1.29 is 9.18 Å². The Morgan fingerprint density at radius 2 is 2.32 bits per heavy atom. The summed E-state index contributed by atoms with van der Waals surface area (Å²) in [5.74, 6) is 0.129. The zero-order chi connectivity index (χ0) is 14.0. The number of halogens is 2. The first-order valence-corrected chi connectivity index (χ1v) is 7.57. The molecule has 0 radical (unpaired) electrons. The van der Waals surface area contributed by atoms with E-state index >= 15 is 0 Å². The minimum Gasteiger partial charge on any atom is -0.334 e. The third-order valence-electron chi connectivity index (χ3n) is 3.68. The van der Waals surface area contributed by atoms with Gasteiger partial charge in [-0.25, -0.2) is 4.39 Å². The largest absolute Gasteiger partial charge is 0.334 e. The molecule has 0 aromatic heterocycles. The summed E-state index contributed by atoms with van der Waals surface area (Å²) in [6.07, 6.45) is 1.91. The predicted molar refractivity (Wildman–Crippen MR) is 81.4 cm³/mol. The van der Waals surface area contributed by atoms with Gasteiger partial charge in [0.25, 0.3) is 5.91 Å². The van der Waals surface area contributed by atoms with Gasteiger partial charge in [0.2, 0.25) is 0 Å². The lowest BCUT2D eigenvalue weighted by atomic mass is 9.92. The molecule has 2 unspecified atom stereocenters. The lowest BCUT2D eigenvalue weighted by Crippen LogP contribution is -2.49.